The number of nitrogens with two attached hydrogens (primary N) is 2. The fourth-order valence-corrected chi connectivity index (χ4v) is 0. The molecule has 1 radical (unpaired) electrons. The van der Waals surface area contributed by atoms with Crippen molar-refractivity contribution in [2.24, 2.45) is 11.8 Å². The molecule has 0 heterocycles. The molecule has 0 spiro atoms. The fraction of sp³-hybridized carbons (Fsp3) is 0. The van der Waals surface area contributed by atoms with Crippen LogP contribution >= 0.6 is 0 Å². The molecular weight excluding hydrogens is 60.0 g/mol. The lowest BCUT2D eigenvalue weighted by Gasteiger charge is -1.27. The summed E-state index contributed by atoms with van der Waals surface area (Å²) in [7, 11) is 0. The summed E-state index contributed by atoms with van der Waals surface area (Å²) in [6.45, 7) is 0. The van der Waals surface area contributed by atoms with Gasteiger partial charge in [0.2, 0.25) is 0 Å². The van der Waals surface area contributed by atoms with E-state index in [1.54, 1.807) is 0 Å². The van der Waals surface area contributed by atoms with Gasteiger partial charge in [0.05, 0.1) is 0 Å². The Labute approximate surface area is 23.6 Å². The minimum absolute atomic E-state index is 3.25. The van der Waals surface area contributed by atoms with Crippen molar-refractivity contribution < 1.29 is 10.4 Å². The molecule has 0 saturated carbocycles. The molecule has 27 valence electrons. The Hall–Kier alpha value is -0.160. The van der Waals surface area contributed by atoms with Crippen LogP contribution in [0.3, 0.4) is 0 Å². The first-order valence-corrected chi connectivity index (χ1v) is 0.494. The summed E-state index contributed by atoms with van der Waals surface area (Å²) >= 11 is 0. The van der Waals surface area contributed by atoms with Crippen molar-refractivity contribution in [3.8, 4) is 0 Å². The van der Waals surface area contributed by atoms with Gasteiger partial charge in [0.1, 0.15) is 0 Å². The summed E-state index contributed by atoms with van der Waals surface area (Å²) in [5.74, 6) is 6.75. The van der Waals surface area contributed by atoms with Crippen molar-refractivity contribution >= 4 is 0 Å². The van der Waals surface area contributed by atoms with Crippen molar-refractivity contribution in [1.29, 1.82) is 0 Å². The molecule has 4 heavy (non-hydrogen) atoms. The Balaban J connectivity index is 0. The highest BCUT2D eigenvalue weighted by Gasteiger charge is 0.846. The molecule has 5 N–H and O–H groups in total. The maximum atomic E-state index is 7.75. The largest absolute Gasteiger partial charge is 0.320 e. The molecule has 0 rings (SSSR count). The van der Waals surface area contributed by atoms with Crippen LogP contribution in [0, 0.1) is 0 Å². The van der Waals surface area contributed by atoms with E-state index in [9.17, 15) is 0 Å². The number of hydrogen-bond donors (Lipinski definition) is 3. The zero-order valence-electron chi connectivity index (χ0n) is 2.01. The quantitative estimate of drug-likeness (QED) is 0.304. The highest BCUT2D eigenvalue weighted by atomic mass is 16.4. The van der Waals surface area contributed by atoms with Crippen LogP contribution in [0.5, 0.6) is 0 Å². The molecule has 0 aliphatic carbocycles. The molecule has 0 bridgehead atoms. The highest BCUT2D eigenvalue weighted by molar-refractivity contribution is 2.77. The Bertz CT molecular complexity index is 4.00. The molecule has 0 aliphatic rings. The first kappa shape index (κ1) is 9.15. The highest BCUT2D eigenvalue weighted by Crippen LogP contribution is 0.528. The predicted molar refractivity (Wildman–Crippen MR) is 10.8 cm³/mol. The monoisotopic (exact) mass is 65.0 g/mol. The summed E-state index contributed by atoms with van der Waals surface area (Å²) in [5.41, 5.74) is 0. The van der Waals surface area contributed by atoms with Gasteiger partial charge in [-0.25, -0.2) is 5.90 Å². The molecule has 0 atom stereocenters. The minimum atomic E-state index is 3.25. The Morgan fingerprint density at radius 2 is 1.25 bits per heavy atom. The van der Waals surface area contributed by atoms with Crippen molar-refractivity contribution in [1.82, 2.24) is 0 Å². The molecule has 0 unspecified atom stereocenters. The van der Waals surface area contributed by atoms with Crippen LogP contribution in [0.25, 0.3) is 0 Å². The van der Waals surface area contributed by atoms with Crippen molar-refractivity contribution in [3.63, 3.8) is 0 Å². The fourth-order valence-electron chi connectivity index (χ4n) is 0. The topological polar surface area (TPSA) is 92.2 Å². The van der Waals surface area contributed by atoms with Crippen LogP contribution in [0.1, 0.15) is 0 Å². The lowest BCUT2D eigenvalue weighted by molar-refractivity contribution is 0.201. The van der Waals surface area contributed by atoms with Crippen molar-refractivity contribution in [2.75, 3.05) is 0 Å². The second-order valence-corrected chi connectivity index (χ2v) is 0. The van der Waals surface area contributed by atoms with Crippen LogP contribution in [0.2, 0.25) is 0 Å². The van der Waals surface area contributed by atoms with Gasteiger partial charge in [0.25, 0.3) is 0 Å². The smallest absolute Gasteiger partial charge is 0.127 e. The summed E-state index contributed by atoms with van der Waals surface area (Å²) < 4.78 is 0. The number of hydrogen-bond acceptors (Lipinski definition) is 3. The van der Waals surface area contributed by atoms with E-state index in [0.29, 0.717) is 0 Å². The van der Waals surface area contributed by atoms with E-state index in [2.05, 4.69) is 11.8 Å². The van der Waals surface area contributed by atoms with Gasteiger partial charge in [0.15, 0.2) is 0 Å². The van der Waals surface area contributed by atoms with Gasteiger partial charge < -0.3 is 5.21 Å². The van der Waals surface area contributed by atoms with Crippen LogP contribution < -0.4 is 11.8 Å². The average molecular weight is 65.1 g/mol. The van der Waals surface area contributed by atoms with Gasteiger partial charge in [-0.2, -0.15) is 5.90 Å². The van der Waals surface area contributed by atoms with E-state index in [-0.39, 0.29) is 0 Å². The summed E-state index contributed by atoms with van der Waals surface area (Å²) in [4.78, 5) is 0. The normalized spacial score (nSPS) is 3.00. The Kier molecular flexibility index (Phi) is 859. The molecule has 0 fully saturated rings. The third-order valence-corrected chi connectivity index (χ3v) is 0. The van der Waals surface area contributed by atoms with E-state index >= 15 is 0 Å². The van der Waals surface area contributed by atoms with E-state index in [1.165, 1.54) is 0 Å². The molecule has 0 aliphatic heterocycles. The third-order valence-electron chi connectivity index (χ3n) is 0. The van der Waals surface area contributed by atoms with Crippen molar-refractivity contribution in [3.05, 3.63) is 0 Å². The Morgan fingerprint density at radius 1 is 1.25 bits per heavy atom. The maximum Gasteiger partial charge on any atom is -0.127 e. The summed E-state index contributed by atoms with van der Waals surface area (Å²) in [6.07, 6.45) is 0. The second kappa shape index (κ2) is 376. The minimum Gasteiger partial charge on any atom is -0.320 e. The SMILES string of the molecule is NO.N[O]. The molecule has 4 nitrogen and oxygen atoms in total. The average Bonchev–Trinajstić information content (AvgIpc) is 1.50. The molecule has 0 saturated heterocycles. The molecular formula is H5N2O2. The van der Waals surface area contributed by atoms with Crippen LogP contribution in [0.15, 0.2) is 0 Å². The first-order chi connectivity index (χ1) is 2.00. The van der Waals surface area contributed by atoms with E-state index in [1.807, 2.05) is 0 Å². The summed E-state index contributed by atoms with van der Waals surface area (Å²) in [6, 6.07) is 0. The summed E-state index contributed by atoms with van der Waals surface area (Å²) in [5, 5.41) is 14.2. The van der Waals surface area contributed by atoms with Crippen LogP contribution in [-0.2, 0) is 5.21 Å². The van der Waals surface area contributed by atoms with Crippen LogP contribution in [0.4, 0.5) is 0 Å². The zero-order valence-corrected chi connectivity index (χ0v) is 2.01. The van der Waals surface area contributed by atoms with Crippen LogP contribution in [-0.4, -0.2) is 5.21 Å². The van der Waals surface area contributed by atoms with Gasteiger partial charge >= 0.3 is 0 Å². The lowest BCUT2D eigenvalue weighted by atomic mass is 13.6. The van der Waals surface area contributed by atoms with Gasteiger partial charge in [0, 0.05) is 0 Å². The maximum absolute atomic E-state index is 7.75. The van der Waals surface area contributed by atoms with Gasteiger partial charge in [-0.3, -0.25) is 0 Å². The van der Waals surface area contributed by atoms with E-state index in [4.69, 9.17) is 10.4 Å². The van der Waals surface area contributed by atoms with Gasteiger partial charge in [-0.1, -0.05) is 0 Å². The number of rotatable bonds is 0. The van der Waals surface area contributed by atoms with Gasteiger partial charge in [-0.15, -0.1) is 5.21 Å². The van der Waals surface area contributed by atoms with Crippen molar-refractivity contribution in [2.45, 2.75) is 0 Å². The molecule has 0 amide bonds. The molecule has 0 aromatic heterocycles. The molecule has 4 heteroatoms. The lowest BCUT2D eigenvalue weighted by Crippen LogP contribution is -1.72. The third kappa shape index (κ3) is 50.7. The standard InChI is InChI=1S/H3NO.H2NO/c2*1-2/h2H,1H2;1H2. The second-order valence-electron chi connectivity index (χ2n) is 0. The zero-order chi connectivity index (χ0) is 4.00. The van der Waals surface area contributed by atoms with E-state index in [0.717, 1.165) is 0 Å². The van der Waals surface area contributed by atoms with E-state index < -0.39 is 0 Å². The predicted octanol–water partition coefficient (Wildman–Crippen LogP) is -1.38. The molecule has 0 aromatic carbocycles. The molecule has 0 aromatic rings. The van der Waals surface area contributed by atoms with Gasteiger partial charge in [-0.05, 0) is 0 Å². The Morgan fingerprint density at radius 3 is 1.25 bits per heavy atom. The first-order valence-electron chi connectivity index (χ1n) is 0.494.